The van der Waals surface area contributed by atoms with Crippen molar-refractivity contribution in [1.29, 1.82) is 0 Å². The molecule has 1 amide bonds. The minimum atomic E-state index is -0.653. The van der Waals surface area contributed by atoms with Gasteiger partial charge in [-0.25, -0.2) is 4.79 Å². The molecule has 7 heteroatoms. The van der Waals surface area contributed by atoms with Gasteiger partial charge in [0.2, 0.25) is 0 Å². The van der Waals surface area contributed by atoms with Crippen molar-refractivity contribution in [3.8, 4) is 0 Å². The lowest BCUT2D eigenvalue weighted by Gasteiger charge is -2.26. The zero-order valence-electron chi connectivity index (χ0n) is 11.7. The Bertz CT molecular complexity index is 479. The molecule has 0 fully saturated rings. The summed E-state index contributed by atoms with van der Waals surface area (Å²) in [5.74, 6) is 0. The van der Waals surface area contributed by atoms with E-state index >= 15 is 0 Å². The van der Waals surface area contributed by atoms with Crippen LogP contribution in [0.25, 0.3) is 0 Å². The number of carbonyl (C=O) groups excluding carboxylic acids is 1. The van der Waals surface area contributed by atoms with E-state index in [4.69, 9.17) is 4.74 Å². The van der Waals surface area contributed by atoms with Gasteiger partial charge in [-0.05, 0) is 26.3 Å². The molecule has 0 aliphatic rings. The number of hydrogen-bond donors (Lipinski definition) is 1. The van der Waals surface area contributed by atoms with Crippen molar-refractivity contribution in [3.63, 3.8) is 0 Å². The largest absolute Gasteiger partial charge is 0.444 e. The number of nitrogens with zero attached hydrogens (tertiary/aromatic N) is 2. The predicted octanol–water partition coefficient (Wildman–Crippen LogP) is 2.28. The van der Waals surface area contributed by atoms with E-state index in [0.717, 1.165) is 4.90 Å². The zero-order valence-corrected chi connectivity index (χ0v) is 11.7. The third-order valence-electron chi connectivity index (χ3n) is 2.34. The fourth-order valence-corrected chi connectivity index (χ4v) is 1.44. The SMILES string of the molecule is CC(C)(C)OC(=O)N(CO)Cc1ccc([N+](=O)[O-])cc1. The summed E-state index contributed by atoms with van der Waals surface area (Å²) in [4.78, 5) is 22.9. The molecule has 1 N–H and O–H groups in total. The van der Waals surface area contributed by atoms with Crippen molar-refractivity contribution in [1.82, 2.24) is 4.90 Å². The van der Waals surface area contributed by atoms with E-state index in [-0.39, 0.29) is 12.2 Å². The number of aliphatic hydroxyl groups is 1. The number of hydrogen-bond acceptors (Lipinski definition) is 5. The number of non-ortho nitro benzene ring substituents is 1. The molecule has 110 valence electrons. The Kier molecular flexibility index (Phi) is 5.04. The maximum absolute atomic E-state index is 11.8. The van der Waals surface area contributed by atoms with Crippen LogP contribution in [0.15, 0.2) is 24.3 Å². The molecular formula is C13H18N2O5. The Balaban J connectivity index is 2.73. The number of aliphatic hydroxyl groups excluding tert-OH is 1. The van der Waals surface area contributed by atoms with Crippen molar-refractivity contribution >= 4 is 11.8 Å². The molecule has 1 rings (SSSR count). The summed E-state index contributed by atoms with van der Waals surface area (Å²) in [6.07, 6.45) is -0.640. The maximum Gasteiger partial charge on any atom is 0.412 e. The molecule has 0 bridgehead atoms. The Morgan fingerprint density at radius 1 is 1.35 bits per heavy atom. The molecule has 7 nitrogen and oxygen atoms in total. The number of ether oxygens (including phenoxy) is 1. The van der Waals surface area contributed by atoms with E-state index in [9.17, 15) is 20.0 Å². The molecule has 0 heterocycles. The van der Waals surface area contributed by atoms with Crippen LogP contribution in [0.4, 0.5) is 10.5 Å². The van der Waals surface area contributed by atoms with E-state index in [1.807, 2.05) is 0 Å². The number of nitro groups is 1. The molecule has 0 radical (unpaired) electrons. The van der Waals surface area contributed by atoms with E-state index in [0.29, 0.717) is 5.56 Å². The third kappa shape index (κ3) is 4.85. The molecule has 0 aliphatic heterocycles. The zero-order chi connectivity index (χ0) is 15.3. The van der Waals surface area contributed by atoms with Gasteiger partial charge in [-0.3, -0.25) is 15.0 Å². The van der Waals surface area contributed by atoms with Gasteiger partial charge in [-0.1, -0.05) is 12.1 Å². The van der Waals surface area contributed by atoms with Gasteiger partial charge in [-0.2, -0.15) is 0 Å². The summed E-state index contributed by atoms with van der Waals surface area (Å²) in [5.41, 5.74) is -0.0166. The molecule has 0 atom stereocenters. The highest BCUT2D eigenvalue weighted by molar-refractivity contribution is 5.68. The number of nitro benzene ring substituents is 1. The highest BCUT2D eigenvalue weighted by atomic mass is 16.6. The lowest BCUT2D eigenvalue weighted by Crippen LogP contribution is -2.36. The molecule has 1 aromatic rings. The number of benzene rings is 1. The first-order valence-electron chi connectivity index (χ1n) is 6.05. The molecule has 0 aliphatic carbocycles. The van der Waals surface area contributed by atoms with E-state index in [1.165, 1.54) is 24.3 Å². The average Bonchev–Trinajstić information content (AvgIpc) is 2.34. The first-order chi connectivity index (χ1) is 9.23. The number of amides is 1. The van der Waals surface area contributed by atoms with Crippen molar-refractivity contribution in [3.05, 3.63) is 39.9 Å². The van der Waals surface area contributed by atoms with Crippen LogP contribution < -0.4 is 0 Å². The molecule has 0 aromatic heterocycles. The van der Waals surface area contributed by atoms with Gasteiger partial charge in [0.25, 0.3) is 5.69 Å². The molecule has 20 heavy (non-hydrogen) atoms. The van der Waals surface area contributed by atoms with Gasteiger partial charge in [0.15, 0.2) is 0 Å². The second-order valence-electron chi connectivity index (χ2n) is 5.24. The third-order valence-corrected chi connectivity index (χ3v) is 2.34. The Hall–Kier alpha value is -2.15. The molecule has 0 saturated carbocycles. The van der Waals surface area contributed by atoms with Gasteiger partial charge in [0, 0.05) is 12.1 Å². The highest BCUT2D eigenvalue weighted by Gasteiger charge is 2.21. The van der Waals surface area contributed by atoms with Crippen LogP contribution in [0.3, 0.4) is 0 Å². The molecular weight excluding hydrogens is 264 g/mol. The standard InChI is InChI=1S/C13H18N2O5/c1-13(2,3)20-12(17)14(9-16)8-10-4-6-11(7-5-10)15(18)19/h4-7,16H,8-9H2,1-3H3. The van der Waals surface area contributed by atoms with Crippen molar-refractivity contribution in [2.75, 3.05) is 6.73 Å². The number of carbonyl (C=O) groups is 1. The summed E-state index contributed by atoms with van der Waals surface area (Å²) in [5, 5.41) is 19.8. The van der Waals surface area contributed by atoms with Crippen molar-refractivity contribution in [2.24, 2.45) is 0 Å². The summed E-state index contributed by atoms with van der Waals surface area (Å²) < 4.78 is 5.14. The first kappa shape index (κ1) is 15.9. The minimum Gasteiger partial charge on any atom is -0.444 e. The second-order valence-corrected chi connectivity index (χ2v) is 5.24. The minimum absolute atomic E-state index is 0.0263. The summed E-state index contributed by atoms with van der Waals surface area (Å²) in [6, 6.07) is 5.76. The summed E-state index contributed by atoms with van der Waals surface area (Å²) >= 11 is 0. The molecule has 1 aromatic carbocycles. The second kappa shape index (κ2) is 6.33. The van der Waals surface area contributed by atoms with E-state index in [2.05, 4.69) is 0 Å². The fraction of sp³-hybridized carbons (Fsp3) is 0.462. The van der Waals surface area contributed by atoms with Gasteiger partial charge >= 0.3 is 6.09 Å². The average molecular weight is 282 g/mol. The molecule has 0 saturated heterocycles. The first-order valence-corrected chi connectivity index (χ1v) is 6.05. The van der Waals surface area contributed by atoms with E-state index < -0.39 is 23.3 Å². The van der Waals surface area contributed by atoms with Crippen LogP contribution in [-0.4, -0.2) is 33.4 Å². The van der Waals surface area contributed by atoms with Crippen LogP contribution in [0.1, 0.15) is 26.3 Å². The van der Waals surface area contributed by atoms with E-state index in [1.54, 1.807) is 20.8 Å². The Morgan fingerprint density at radius 2 is 1.90 bits per heavy atom. The topological polar surface area (TPSA) is 92.9 Å². The van der Waals surface area contributed by atoms with Gasteiger partial charge < -0.3 is 9.84 Å². The van der Waals surface area contributed by atoms with Crippen LogP contribution in [0, 0.1) is 10.1 Å². The van der Waals surface area contributed by atoms with Crippen molar-refractivity contribution < 1.29 is 19.6 Å². The summed E-state index contributed by atoms with van der Waals surface area (Å²) in [6.45, 7) is 4.81. The lowest BCUT2D eigenvalue weighted by molar-refractivity contribution is -0.384. The number of rotatable bonds is 4. The quantitative estimate of drug-likeness (QED) is 0.519. The van der Waals surface area contributed by atoms with Gasteiger partial charge in [-0.15, -0.1) is 0 Å². The molecule has 0 spiro atoms. The van der Waals surface area contributed by atoms with Crippen LogP contribution in [0.5, 0.6) is 0 Å². The van der Waals surface area contributed by atoms with Crippen LogP contribution in [-0.2, 0) is 11.3 Å². The fourth-order valence-electron chi connectivity index (χ4n) is 1.44. The maximum atomic E-state index is 11.8. The Morgan fingerprint density at radius 3 is 2.30 bits per heavy atom. The summed E-state index contributed by atoms with van der Waals surface area (Å²) in [7, 11) is 0. The smallest absolute Gasteiger partial charge is 0.412 e. The van der Waals surface area contributed by atoms with Crippen molar-refractivity contribution in [2.45, 2.75) is 32.9 Å². The normalized spacial score (nSPS) is 11.0. The van der Waals surface area contributed by atoms with Crippen LogP contribution >= 0.6 is 0 Å². The van der Waals surface area contributed by atoms with Gasteiger partial charge in [0.1, 0.15) is 12.3 Å². The molecule has 0 unspecified atom stereocenters. The Labute approximate surface area is 116 Å². The van der Waals surface area contributed by atoms with Crippen LogP contribution in [0.2, 0.25) is 0 Å². The lowest BCUT2D eigenvalue weighted by atomic mass is 10.2. The highest BCUT2D eigenvalue weighted by Crippen LogP contribution is 2.15. The monoisotopic (exact) mass is 282 g/mol. The van der Waals surface area contributed by atoms with Gasteiger partial charge in [0.05, 0.1) is 11.5 Å². The predicted molar refractivity (Wildman–Crippen MR) is 72.0 cm³/mol.